The maximum atomic E-state index is 12.0. The first-order valence-electron chi connectivity index (χ1n) is 7.02. The number of benzene rings is 1. The topological polar surface area (TPSA) is 74.7 Å². The Bertz CT molecular complexity index is 813. The van der Waals surface area contributed by atoms with Crippen molar-refractivity contribution in [2.24, 2.45) is 0 Å². The van der Waals surface area contributed by atoms with Crippen molar-refractivity contribution in [3.8, 4) is 22.6 Å². The number of Topliss-reactive ketones (excluding diaryl/α,β-unsaturated/α-hetero) is 1. The van der Waals surface area contributed by atoms with Crippen LogP contribution in [0.2, 0.25) is 0 Å². The highest BCUT2D eigenvalue weighted by molar-refractivity contribution is 6.03. The van der Waals surface area contributed by atoms with Gasteiger partial charge in [0.05, 0.1) is 7.11 Å². The van der Waals surface area contributed by atoms with Crippen LogP contribution in [0.4, 0.5) is 0 Å². The molecule has 2 aromatic rings. The summed E-state index contributed by atoms with van der Waals surface area (Å²) in [5.74, 6) is 0.576. The summed E-state index contributed by atoms with van der Waals surface area (Å²) in [6.07, 6.45) is 0. The van der Waals surface area contributed by atoms with Crippen LogP contribution in [-0.2, 0) is 4.74 Å². The first-order valence-corrected chi connectivity index (χ1v) is 7.02. The van der Waals surface area contributed by atoms with Crippen molar-refractivity contribution in [1.29, 1.82) is 0 Å². The van der Waals surface area contributed by atoms with E-state index < -0.39 is 5.97 Å². The molecule has 3 rings (SSSR count). The molecule has 0 saturated heterocycles. The monoisotopic (exact) mass is 313 g/mol. The number of ether oxygens (including phenoxy) is 3. The quantitative estimate of drug-likeness (QED) is 0.641. The number of rotatable bonds is 3. The Hall–Kier alpha value is -2.89. The molecule has 0 atom stereocenters. The maximum absolute atomic E-state index is 12.0. The first-order chi connectivity index (χ1) is 11.0. The van der Waals surface area contributed by atoms with E-state index >= 15 is 0 Å². The number of aryl methyl sites for hydroxylation is 1. The molecule has 0 bridgehead atoms. The third-order valence-electron chi connectivity index (χ3n) is 3.63. The van der Waals surface area contributed by atoms with Crippen LogP contribution in [0.1, 0.15) is 33.5 Å². The molecule has 6 heteroatoms. The van der Waals surface area contributed by atoms with Gasteiger partial charge in [-0.05, 0) is 43.2 Å². The predicted molar refractivity (Wildman–Crippen MR) is 81.9 cm³/mol. The van der Waals surface area contributed by atoms with Crippen molar-refractivity contribution in [2.45, 2.75) is 13.8 Å². The summed E-state index contributed by atoms with van der Waals surface area (Å²) in [5, 5.41) is 0. The van der Waals surface area contributed by atoms with Crippen molar-refractivity contribution in [3.05, 3.63) is 41.2 Å². The lowest BCUT2D eigenvalue weighted by Crippen LogP contribution is -2.10. The molecule has 0 unspecified atom stereocenters. The van der Waals surface area contributed by atoms with Gasteiger partial charge in [0.15, 0.2) is 17.3 Å². The van der Waals surface area contributed by atoms with Crippen molar-refractivity contribution in [1.82, 2.24) is 4.98 Å². The molecule has 0 N–H and O–H groups in total. The number of pyridine rings is 1. The number of fused-ring (bicyclic) bond motifs is 1. The number of carbonyl (C=O) groups excluding carboxylic acids is 2. The van der Waals surface area contributed by atoms with E-state index in [1.165, 1.54) is 14.0 Å². The molecule has 1 aliphatic rings. The molecular formula is C17H15NO5. The van der Waals surface area contributed by atoms with E-state index in [1.807, 2.05) is 6.07 Å². The molecule has 1 aromatic heterocycles. The van der Waals surface area contributed by atoms with Crippen molar-refractivity contribution < 1.29 is 23.8 Å². The molecule has 6 nitrogen and oxygen atoms in total. The fourth-order valence-electron chi connectivity index (χ4n) is 2.62. The average Bonchev–Trinajstić information content (AvgIpc) is 3.00. The van der Waals surface area contributed by atoms with Gasteiger partial charge in [0.1, 0.15) is 5.69 Å². The molecule has 118 valence electrons. The summed E-state index contributed by atoms with van der Waals surface area (Å²) in [7, 11) is 1.29. The standard InChI is InChI=1S/C17H15NO5/c1-9-16(10(2)19)12(7-13(18-9)17(20)21-3)11-4-5-14-15(6-11)23-8-22-14/h4-7H,8H2,1-3H3. The van der Waals surface area contributed by atoms with E-state index in [9.17, 15) is 9.59 Å². The Balaban J connectivity index is 2.21. The number of ketones is 1. The first kappa shape index (κ1) is 15.0. The van der Waals surface area contributed by atoms with Crippen LogP contribution >= 0.6 is 0 Å². The number of hydrogen-bond acceptors (Lipinski definition) is 6. The Morgan fingerprint density at radius 3 is 2.61 bits per heavy atom. The number of carbonyl (C=O) groups is 2. The second-order valence-corrected chi connectivity index (χ2v) is 5.13. The van der Waals surface area contributed by atoms with E-state index in [2.05, 4.69) is 4.98 Å². The fourth-order valence-corrected chi connectivity index (χ4v) is 2.62. The van der Waals surface area contributed by atoms with Crippen LogP contribution < -0.4 is 9.47 Å². The molecule has 0 amide bonds. The average molecular weight is 313 g/mol. The fraction of sp³-hybridized carbons (Fsp3) is 0.235. The molecule has 1 aliphatic heterocycles. The zero-order chi connectivity index (χ0) is 16.6. The van der Waals surface area contributed by atoms with Gasteiger partial charge in [-0.3, -0.25) is 4.79 Å². The smallest absolute Gasteiger partial charge is 0.356 e. The molecule has 0 spiro atoms. The van der Waals surface area contributed by atoms with Crippen LogP contribution in [0.3, 0.4) is 0 Å². The number of aromatic nitrogens is 1. The van der Waals surface area contributed by atoms with E-state index in [1.54, 1.807) is 25.1 Å². The third kappa shape index (κ3) is 2.63. The van der Waals surface area contributed by atoms with Gasteiger partial charge >= 0.3 is 5.97 Å². The Labute approximate surface area is 133 Å². The van der Waals surface area contributed by atoms with Crippen LogP contribution in [-0.4, -0.2) is 30.6 Å². The minimum atomic E-state index is -0.551. The van der Waals surface area contributed by atoms with E-state index in [4.69, 9.17) is 14.2 Å². The van der Waals surface area contributed by atoms with Crippen LogP contribution in [0.5, 0.6) is 11.5 Å². The van der Waals surface area contributed by atoms with E-state index in [0.717, 1.165) is 5.56 Å². The molecule has 0 radical (unpaired) electrons. The minimum Gasteiger partial charge on any atom is -0.464 e. The lowest BCUT2D eigenvalue weighted by molar-refractivity contribution is 0.0593. The summed E-state index contributed by atoms with van der Waals surface area (Å²) in [6, 6.07) is 6.93. The van der Waals surface area contributed by atoms with Crippen LogP contribution in [0.15, 0.2) is 24.3 Å². The minimum absolute atomic E-state index is 0.126. The molecule has 0 aliphatic carbocycles. The SMILES string of the molecule is COC(=O)c1cc(-c2ccc3c(c2)OCO3)c(C(C)=O)c(C)n1. The van der Waals surface area contributed by atoms with Crippen molar-refractivity contribution in [3.63, 3.8) is 0 Å². The van der Waals surface area contributed by atoms with Crippen molar-refractivity contribution in [2.75, 3.05) is 13.9 Å². The van der Waals surface area contributed by atoms with Gasteiger partial charge in [0, 0.05) is 11.3 Å². The molecule has 2 heterocycles. The molecule has 0 fully saturated rings. The van der Waals surface area contributed by atoms with Gasteiger partial charge in [-0.25, -0.2) is 9.78 Å². The second-order valence-electron chi connectivity index (χ2n) is 5.13. The van der Waals surface area contributed by atoms with Gasteiger partial charge in [0.25, 0.3) is 0 Å². The lowest BCUT2D eigenvalue weighted by atomic mass is 9.95. The van der Waals surface area contributed by atoms with Gasteiger partial charge in [0.2, 0.25) is 6.79 Å². The predicted octanol–water partition coefficient (Wildman–Crippen LogP) is 2.77. The zero-order valence-electron chi connectivity index (χ0n) is 13.0. The number of hydrogen-bond donors (Lipinski definition) is 0. The Morgan fingerprint density at radius 1 is 1.17 bits per heavy atom. The summed E-state index contributed by atoms with van der Waals surface area (Å²) < 4.78 is 15.4. The van der Waals surface area contributed by atoms with Gasteiger partial charge < -0.3 is 14.2 Å². The summed E-state index contributed by atoms with van der Waals surface area (Å²) in [4.78, 5) is 28.0. The molecule has 1 aromatic carbocycles. The van der Waals surface area contributed by atoms with Gasteiger partial charge in [-0.2, -0.15) is 0 Å². The maximum Gasteiger partial charge on any atom is 0.356 e. The molecule has 23 heavy (non-hydrogen) atoms. The number of methoxy groups -OCH3 is 1. The van der Waals surface area contributed by atoms with E-state index in [0.29, 0.717) is 28.3 Å². The molecule has 0 saturated carbocycles. The molecular weight excluding hydrogens is 298 g/mol. The largest absolute Gasteiger partial charge is 0.464 e. The Morgan fingerprint density at radius 2 is 1.91 bits per heavy atom. The van der Waals surface area contributed by atoms with Crippen molar-refractivity contribution >= 4 is 11.8 Å². The van der Waals surface area contributed by atoms with E-state index in [-0.39, 0.29) is 18.3 Å². The lowest BCUT2D eigenvalue weighted by Gasteiger charge is -2.12. The number of esters is 1. The summed E-state index contributed by atoms with van der Waals surface area (Å²) in [6.45, 7) is 3.33. The summed E-state index contributed by atoms with van der Waals surface area (Å²) in [5.41, 5.74) is 2.46. The normalized spacial score (nSPS) is 12.1. The van der Waals surface area contributed by atoms with Gasteiger partial charge in [-0.15, -0.1) is 0 Å². The zero-order valence-corrected chi connectivity index (χ0v) is 13.0. The highest BCUT2D eigenvalue weighted by atomic mass is 16.7. The van der Waals surface area contributed by atoms with Gasteiger partial charge in [-0.1, -0.05) is 6.07 Å². The highest BCUT2D eigenvalue weighted by Crippen LogP contribution is 2.37. The summed E-state index contributed by atoms with van der Waals surface area (Å²) >= 11 is 0. The number of nitrogens with zero attached hydrogens (tertiary/aromatic N) is 1. The Kier molecular flexibility index (Phi) is 3.73. The van der Waals surface area contributed by atoms with Crippen LogP contribution in [0.25, 0.3) is 11.1 Å². The highest BCUT2D eigenvalue weighted by Gasteiger charge is 2.21. The second kappa shape index (κ2) is 5.72. The van der Waals surface area contributed by atoms with Crippen LogP contribution in [0, 0.1) is 6.92 Å². The third-order valence-corrected chi connectivity index (χ3v) is 3.63.